The molecule has 0 aliphatic carbocycles. The molecule has 0 aliphatic rings. The van der Waals surface area contributed by atoms with Gasteiger partial charge in [0.2, 0.25) is 5.91 Å². The third-order valence-electron chi connectivity index (χ3n) is 4.64. The average molecular weight is 427 g/mol. The van der Waals surface area contributed by atoms with Crippen molar-refractivity contribution in [2.45, 2.75) is 24.3 Å². The van der Waals surface area contributed by atoms with Crippen LogP contribution in [0, 0.1) is 6.92 Å². The minimum atomic E-state index is -0.375. The predicted octanol–water partition coefficient (Wildman–Crippen LogP) is 4.97. The van der Waals surface area contributed by atoms with Crippen LogP contribution in [0.2, 0.25) is 5.02 Å². The number of aromatic nitrogens is 3. The molecule has 0 saturated heterocycles. The van der Waals surface area contributed by atoms with Crippen LogP contribution in [0.3, 0.4) is 0 Å². The van der Waals surface area contributed by atoms with Gasteiger partial charge < -0.3 is 10.1 Å². The summed E-state index contributed by atoms with van der Waals surface area (Å²) in [7, 11) is 1.64. The molecule has 1 atom stereocenters. The van der Waals surface area contributed by atoms with Crippen LogP contribution < -0.4 is 10.1 Å². The van der Waals surface area contributed by atoms with Crippen molar-refractivity contribution >= 4 is 51.5 Å². The van der Waals surface area contributed by atoms with E-state index in [2.05, 4.69) is 15.5 Å². The van der Waals surface area contributed by atoms with Gasteiger partial charge in [-0.3, -0.25) is 9.20 Å². The highest BCUT2D eigenvalue weighted by atomic mass is 35.5. The van der Waals surface area contributed by atoms with Gasteiger partial charge in [0.15, 0.2) is 10.8 Å². The summed E-state index contributed by atoms with van der Waals surface area (Å²) < 4.78 is 7.35. The molecule has 0 spiro atoms. The van der Waals surface area contributed by atoms with Crippen molar-refractivity contribution < 1.29 is 9.53 Å². The second-order valence-corrected chi connectivity index (χ2v) is 8.39. The predicted molar refractivity (Wildman–Crippen MR) is 117 cm³/mol. The monoisotopic (exact) mass is 426 g/mol. The number of fused-ring (bicyclic) bond motifs is 3. The number of carbonyl (C=O) groups is 1. The number of benzene rings is 2. The van der Waals surface area contributed by atoms with E-state index in [1.165, 1.54) is 11.8 Å². The first-order valence-electron chi connectivity index (χ1n) is 9.02. The Balaban J connectivity index is 1.66. The molecule has 2 aromatic heterocycles. The summed E-state index contributed by atoms with van der Waals surface area (Å²) in [6, 6.07) is 14.9. The number of thioether (sulfide) groups is 1. The van der Waals surface area contributed by atoms with E-state index in [1.807, 2.05) is 42.5 Å². The van der Waals surface area contributed by atoms with E-state index in [-0.39, 0.29) is 11.2 Å². The molecule has 29 heavy (non-hydrogen) atoms. The molecule has 0 aliphatic heterocycles. The fraction of sp³-hybridized carbons (Fsp3) is 0.190. The second-order valence-electron chi connectivity index (χ2n) is 6.64. The number of hydrogen-bond donors (Lipinski definition) is 1. The number of rotatable bonds is 5. The summed E-state index contributed by atoms with van der Waals surface area (Å²) in [6.07, 6.45) is 0. The van der Waals surface area contributed by atoms with E-state index < -0.39 is 0 Å². The minimum Gasteiger partial charge on any atom is -0.497 e. The number of aryl methyl sites for hydroxylation is 1. The lowest BCUT2D eigenvalue weighted by Crippen LogP contribution is -2.22. The first kappa shape index (κ1) is 19.5. The van der Waals surface area contributed by atoms with Crippen molar-refractivity contribution in [3.8, 4) is 5.75 Å². The van der Waals surface area contributed by atoms with Gasteiger partial charge in [-0.1, -0.05) is 23.4 Å². The number of nitrogens with one attached hydrogen (secondary N) is 1. The van der Waals surface area contributed by atoms with Crippen LogP contribution in [0.25, 0.3) is 16.6 Å². The molecule has 0 bridgehead atoms. The summed E-state index contributed by atoms with van der Waals surface area (Å²) in [4.78, 5) is 12.6. The van der Waals surface area contributed by atoms with E-state index in [0.717, 1.165) is 27.9 Å². The summed E-state index contributed by atoms with van der Waals surface area (Å²) >= 11 is 7.25. The van der Waals surface area contributed by atoms with Gasteiger partial charge in [-0.05, 0) is 61.9 Å². The number of anilines is 1. The quantitative estimate of drug-likeness (QED) is 0.456. The van der Waals surface area contributed by atoms with E-state index in [1.54, 1.807) is 31.4 Å². The maximum Gasteiger partial charge on any atom is 0.237 e. The lowest BCUT2D eigenvalue weighted by atomic mass is 10.1. The molecular formula is C21H19ClN4O2S. The summed E-state index contributed by atoms with van der Waals surface area (Å²) in [6.45, 7) is 3.88. The number of hydrogen-bond acceptors (Lipinski definition) is 5. The van der Waals surface area contributed by atoms with Crippen molar-refractivity contribution in [1.29, 1.82) is 0 Å². The van der Waals surface area contributed by atoms with Crippen LogP contribution >= 0.6 is 23.4 Å². The van der Waals surface area contributed by atoms with Crippen molar-refractivity contribution in [1.82, 2.24) is 14.6 Å². The van der Waals surface area contributed by atoms with Gasteiger partial charge in [0.25, 0.3) is 0 Å². The number of nitrogens with zero attached hydrogens (tertiary/aromatic N) is 3. The number of pyridine rings is 1. The van der Waals surface area contributed by atoms with Crippen molar-refractivity contribution in [3.63, 3.8) is 0 Å². The first-order valence-corrected chi connectivity index (χ1v) is 10.3. The van der Waals surface area contributed by atoms with Crippen LogP contribution in [0.4, 0.5) is 5.69 Å². The van der Waals surface area contributed by atoms with Gasteiger partial charge in [0.1, 0.15) is 5.75 Å². The number of amides is 1. The zero-order valence-electron chi connectivity index (χ0n) is 16.1. The zero-order valence-corrected chi connectivity index (χ0v) is 17.7. The van der Waals surface area contributed by atoms with Gasteiger partial charge >= 0.3 is 0 Å². The number of methoxy groups -OCH3 is 1. The van der Waals surface area contributed by atoms with Crippen LogP contribution in [-0.2, 0) is 4.79 Å². The Labute approximate surface area is 177 Å². The molecule has 4 rings (SSSR count). The highest BCUT2D eigenvalue weighted by Crippen LogP contribution is 2.30. The molecular weight excluding hydrogens is 408 g/mol. The van der Waals surface area contributed by atoms with E-state index in [9.17, 15) is 4.79 Å². The van der Waals surface area contributed by atoms with Crippen molar-refractivity contribution in [3.05, 3.63) is 59.1 Å². The second kappa shape index (κ2) is 7.93. The molecule has 0 saturated carbocycles. The lowest BCUT2D eigenvalue weighted by Gasteiger charge is -2.13. The van der Waals surface area contributed by atoms with Crippen LogP contribution in [0.1, 0.15) is 12.5 Å². The van der Waals surface area contributed by atoms with Gasteiger partial charge in [0.05, 0.1) is 17.9 Å². The molecule has 0 fully saturated rings. The normalized spacial score (nSPS) is 12.3. The molecule has 2 aromatic carbocycles. The molecule has 8 heteroatoms. The van der Waals surface area contributed by atoms with E-state index >= 15 is 0 Å². The fourth-order valence-corrected chi connectivity index (χ4v) is 4.09. The summed E-state index contributed by atoms with van der Waals surface area (Å²) in [5, 5.41) is 13.5. The van der Waals surface area contributed by atoms with Crippen LogP contribution in [0.5, 0.6) is 5.75 Å². The maximum atomic E-state index is 12.6. The lowest BCUT2D eigenvalue weighted by molar-refractivity contribution is -0.115. The smallest absolute Gasteiger partial charge is 0.237 e. The largest absolute Gasteiger partial charge is 0.497 e. The third-order valence-corrected chi connectivity index (χ3v) is 5.93. The van der Waals surface area contributed by atoms with Gasteiger partial charge in [-0.25, -0.2) is 0 Å². The molecule has 148 valence electrons. The van der Waals surface area contributed by atoms with Crippen LogP contribution in [0.15, 0.2) is 53.7 Å². The Morgan fingerprint density at radius 1 is 1.17 bits per heavy atom. The van der Waals surface area contributed by atoms with Gasteiger partial charge in [0, 0.05) is 22.2 Å². The molecule has 1 amide bonds. The molecule has 1 N–H and O–H groups in total. The Morgan fingerprint density at radius 2 is 1.93 bits per heavy atom. The SMILES string of the molecule is COc1ccc2c(C)cc3nnc(S[C@@H](C)C(=O)Nc4ccc(Cl)cc4)n3c2c1. The molecule has 4 aromatic rings. The highest BCUT2D eigenvalue weighted by Gasteiger charge is 2.20. The fourth-order valence-electron chi connectivity index (χ4n) is 3.09. The zero-order chi connectivity index (χ0) is 20.5. The Bertz CT molecular complexity index is 1210. The minimum absolute atomic E-state index is 0.122. The van der Waals surface area contributed by atoms with E-state index in [0.29, 0.717) is 15.9 Å². The number of carbonyl (C=O) groups excluding carboxylic acids is 1. The number of halogens is 1. The molecule has 6 nitrogen and oxygen atoms in total. The topological polar surface area (TPSA) is 68.5 Å². The Kier molecular flexibility index (Phi) is 5.34. The summed E-state index contributed by atoms with van der Waals surface area (Å²) in [5.74, 6) is 0.630. The third kappa shape index (κ3) is 3.88. The summed E-state index contributed by atoms with van der Waals surface area (Å²) in [5.41, 5.74) is 3.48. The van der Waals surface area contributed by atoms with E-state index in [4.69, 9.17) is 16.3 Å². The Morgan fingerprint density at radius 3 is 2.66 bits per heavy atom. The average Bonchev–Trinajstić information content (AvgIpc) is 3.11. The molecule has 0 unspecified atom stereocenters. The Hall–Kier alpha value is -2.77. The molecule has 2 heterocycles. The number of ether oxygens (including phenoxy) is 1. The standard InChI is InChI=1S/C21H19ClN4O2S/c1-12-10-19-24-25-21(26(19)18-11-16(28-3)8-9-17(12)18)29-13(2)20(27)23-15-6-4-14(22)5-7-15/h4-11,13H,1-3H3,(H,23,27)/t13-/m0/s1. The van der Waals surface area contributed by atoms with Crippen molar-refractivity contribution in [2.75, 3.05) is 12.4 Å². The van der Waals surface area contributed by atoms with Crippen molar-refractivity contribution in [2.24, 2.45) is 0 Å². The maximum absolute atomic E-state index is 12.6. The van der Waals surface area contributed by atoms with Gasteiger partial charge in [-0.15, -0.1) is 10.2 Å². The van der Waals surface area contributed by atoms with Gasteiger partial charge in [-0.2, -0.15) is 0 Å². The first-order chi connectivity index (χ1) is 14.0. The highest BCUT2D eigenvalue weighted by molar-refractivity contribution is 8.00. The van der Waals surface area contributed by atoms with Crippen LogP contribution in [-0.4, -0.2) is 32.9 Å². The molecule has 0 radical (unpaired) electrons.